The molecule has 0 bridgehead atoms. The second-order valence-electron chi connectivity index (χ2n) is 6.78. The van der Waals surface area contributed by atoms with E-state index in [4.69, 9.17) is 0 Å². The lowest BCUT2D eigenvalue weighted by molar-refractivity contribution is 0.000759. The second kappa shape index (κ2) is 5.78. The average molecular weight is 294 g/mol. The largest absolute Gasteiger partial charge is 0.298 e. The highest BCUT2D eigenvalue weighted by Gasteiger charge is 2.47. The third-order valence-corrected chi connectivity index (χ3v) is 4.90. The number of likely N-dealkylation sites (tertiary alicyclic amines) is 2. The minimum Gasteiger partial charge on any atom is -0.298 e. The summed E-state index contributed by atoms with van der Waals surface area (Å²) in [4.78, 5) is 13.6. The average Bonchev–Trinajstić information content (AvgIpc) is 2.93. The minimum atomic E-state index is 0.530. The Morgan fingerprint density at radius 2 is 1.73 bits per heavy atom. The van der Waals surface area contributed by atoms with Gasteiger partial charge in [-0.3, -0.25) is 19.8 Å². The summed E-state index contributed by atoms with van der Waals surface area (Å²) in [5.41, 5.74) is 3.09. The highest BCUT2D eigenvalue weighted by Crippen LogP contribution is 2.40. The third kappa shape index (κ3) is 2.89. The van der Waals surface area contributed by atoms with Crippen LogP contribution in [0.4, 0.5) is 0 Å². The molecule has 114 valence electrons. The van der Waals surface area contributed by atoms with Gasteiger partial charge in [-0.2, -0.15) is 0 Å². The highest BCUT2D eigenvalue weighted by atomic mass is 15.3. The molecular weight excluding hydrogens is 272 g/mol. The van der Waals surface area contributed by atoms with E-state index in [9.17, 15) is 0 Å². The third-order valence-electron chi connectivity index (χ3n) is 4.90. The molecule has 4 nitrogen and oxygen atoms in total. The van der Waals surface area contributed by atoms with Gasteiger partial charge in [-0.25, -0.2) is 0 Å². The first-order valence-electron chi connectivity index (χ1n) is 8.05. The van der Waals surface area contributed by atoms with Crippen LogP contribution in [0.15, 0.2) is 48.9 Å². The smallest absolute Gasteiger partial charge is 0.0543 e. The van der Waals surface area contributed by atoms with Crippen LogP contribution in [0, 0.1) is 5.41 Å². The summed E-state index contributed by atoms with van der Waals surface area (Å²) in [6.45, 7) is 6.94. The zero-order chi connectivity index (χ0) is 14.8. The fourth-order valence-electron chi connectivity index (χ4n) is 3.90. The molecule has 1 spiro atoms. The van der Waals surface area contributed by atoms with Crippen molar-refractivity contribution in [2.24, 2.45) is 5.41 Å². The van der Waals surface area contributed by atoms with Crippen molar-refractivity contribution < 1.29 is 0 Å². The van der Waals surface area contributed by atoms with Crippen molar-refractivity contribution in [1.82, 2.24) is 19.8 Å². The van der Waals surface area contributed by atoms with Gasteiger partial charge in [0.1, 0.15) is 0 Å². The van der Waals surface area contributed by atoms with E-state index in [2.05, 4.69) is 44.0 Å². The molecule has 4 heteroatoms. The van der Waals surface area contributed by atoms with Crippen LogP contribution in [0.3, 0.4) is 0 Å². The Hall–Kier alpha value is -1.78. The number of hydrogen-bond acceptors (Lipinski definition) is 4. The Labute approximate surface area is 131 Å². The summed E-state index contributed by atoms with van der Waals surface area (Å²) in [5.74, 6) is 0. The Morgan fingerprint density at radius 3 is 2.50 bits per heavy atom. The molecule has 0 atom stereocenters. The fraction of sp³-hybridized carbons (Fsp3) is 0.444. The predicted molar refractivity (Wildman–Crippen MR) is 86.1 cm³/mol. The summed E-state index contributed by atoms with van der Waals surface area (Å²) < 4.78 is 0. The van der Waals surface area contributed by atoms with Crippen molar-refractivity contribution in [3.8, 4) is 0 Å². The highest BCUT2D eigenvalue weighted by molar-refractivity contribution is 5.12. The van der Waals surface area contributed by atoms with Crippen LogP contribution in [0.2, 0.25) is 0 Å². The predicted octanol–water partition coefficient (Wildman–Crippen LogP) is 2.18. The quantitative estimate of drug-likeness (QED) is 0.865. The first-order valence-corrected chi connectivity index (χ1v) is 8.05. The van der Waals surface area contributed by atoms with Gasteiger partial charge in [0.05, 0.1) is 5.69 Å². The maximum atomic E-state index is 4.43. The standard InChI is InChI=1S/C18H22N4/c1-2-7-20-17(3-1)12-22-14-18(15-22)6-10-21(13-18)11-16-4-8-19-9-5-16/h1-5,7-9H,6,10-15H2. The molecule has 0 aromatic carbocycles. The number of nitrogens with zero attached hydrogens (tertiary/aromatic N) is 4. The van der Waals surface area contributed by atoms with Gasteiger partial charge in [0, 0.05) is 56.7 Å². The Balaban J connectivity index is 1.29. The molecule has 4 heterocycles. The first kappa shape index (κ1) is 13.9. The number of aromatic nitrogens is 2. The monoisotopic (exact) mass is 294 g/mol. The molecule has 2 aliphatic rings. The molecule has 2 aliphatic heterocycles. The van der Waals surface area contributed by atoms with Gasteiger partial charge < -0.3 is 0 Å². The normalized spacial score (nSPS) is 21.1. The van der Waals surface area contributed by atoms with Gasteiger partial charge in [0.25, 0.3) is 0 Å². The Bertz CT molecular complexity index is 607. The number of rotatable bonds is 4. The summed E-state index contributed by atoms with van der Waals surface area (Å²) >= 11 is 0. The van der Waals surface area contributed by atoms with Crippen molar-refractivity contribution >= 4 is 0 Å². The van der Waals surface area contributed by atoms with Crippen LogP contribution < -0.4 is 0 Å². The molecule has 22 heavy (non-hydrogen) atoms. The molecule has 0 unspecified atom stereocenters. The zero-order valence-corrected chi connectivity index (χ0v) is 12.9. The van der Waals surface area contributed by atoms with Gasteiger partial charge in [0.2, 0.25) is 0 Å². The molecule has 2 aromatic rings. The van der Waals surface area contributed by atoms with E-state index in [1.807, 2.05) is 24.7 Å². The SMILES string of the molecule is c1ccc(CN2CC3(CCN(Cc4ccncc4)C3)C2)nc1. The van der Waals surface area contributed by atoms with Crippen molar-refractivity contribution in [3.63, 3.8) is 0 Å². The molecule has 0 amide bonds. The van der Waals surface area contributed by atoms with Crippen molar-refractivity contribution in [2.75, 3.05) is 26.2 Å². The van der Waals surface area contributed by atoms with E-state index in [0.717, 1.165) is 13.1 Å². The summed E-state index contributed by atoms with van der Waals surface area (Å²) in [6, 6.07) is 10.4. The summed E-state index contributed by atoms with van der Waals surface area (Å²) in [7, 11) is 0. The Kier molecular flexibility index (Phi) is 3.64. The summed E-state index contributed by atoms with van der Waals surface area (Å²) in [6.07, 6.45) is 6.99. The van der Waals surface area contributed by atoms with Crippen LogP contribution in [-0.2, 0) is 13.1 Å². The number of pyridine rings is 2. The molecule has 2 aromatic heterocycles. The van der Waals surface area contributed by atoms with Gasteiger partial charge in [0.15, 0.2) is 0 Å². The lowest BCUT2D eigenvalue weighted by Gasteiger charge is -2.48. The lowest BCUT2D eigenvalue weighted by atomic mass is 9.79. The topological polar surface area (TPSA) is 32.3 Å². The van der Waals surface area contributed by atoms with Crippen LogP contribution >= 0.6 is 0 Å². The molecule has 2 saturated heterocycles. The van der Waals surface area contributed by atoms with Crippen LogP contribution in [0.5, 0.6) is 0 Å². The van der Waals surface area contributed by atoms with Crippen LogP contribution in [-0.4, -0.2) is 45.9 Å². The molecule has 2 fully saturated rings. The van der Waals surface area contributed by atoms with E-state index < -0.39 is 0 Å². The van der Waals surface area contributed by atoms with Crippen molar-refractivity contribution in [1.29, 1.82) is 0 Å². The number of hydrogen-bond donors (Lipinski definition) is 0. The van der Waals surface area contributed by atoms with E-state index in [-0.39, 0.29) is 0 Å². The van der Waals surface area contributed by atoms with Gasteiger partial charge in [-0.1, -0.05) is 6.07 Å². The van der Waals surface area contributed by atoms with E-state index in [1.165, 1.54) is 43.9 Å². The van der Waals surface area contributed by atoms with E-state index >= 15 is 0 Å². The Morgan fingerprint density at radius 1 is 0.909 bits per heavy atom. The van der Waals surface area contributed by atoms with Crippen LogP contribution in [0.25, 0.3) is 0 Å². The first-order chi connectivity index (χ1) is 10.8. The molecule has 0 saturated carbocycles. The van der Waals surface area contributed by atoms with Gasteiger partial charge >= 0.3 is 0 Å². The fourth-order valence-corrected chi connectivity index (χ4v) is 3.90. The van der Waals surface area contributed by atoms with E-state index in [1.54, 1.807) is 0 Å². The maximum Gasteiger partial charge on any atom is 0.0543 e. The van der Waals surface area contributed by atoms with Gasteiger partial charge in [-0.15, -0.1) is 0 Å². The zero-order valence-electron chi connectivity index (χ0n) is 12.9. The summed E-state index contributed by atoms with van der Waals surface area (Å²) in [5, 5.41) is 0. The maximum absolute atomic E-state index is 4.43. The molecule has 0 N–H and O–H groups in total. The molecule has 4 rings (SSSR count). The lowest BCUT2D eigenvalue weighted by Crippen LogP contribution is -2.56. The molecule has 0 radical (unpaired) electrons. The van der Waals surface area contributed by atoms with Crippen molar-refractivity contribution in [2.45, 2.75) is 19.5 Å². The minimum absolute atomic E-state index is 0.530. The molecular formula is C18H22N4. The second-order valence-corrected chi connectivity index (χ2v) is 6.78. The molecule has 0 aliphatic carbocycles. The van der Waals surface area contributed by atoms with Crippen LogP contribution in [0.1, 0.15) is 17.7 Å². The van der Waals surface area contributed by atoms with E-state index in [0.29, 0.717) is 5.41 Å². The van der Waals surface area contributed by atoms with Crippen molar-refractivity contribution in [3.05, 3.63) is 60.2 Å². The van der Waals surface area contributed by atoms with Gasteiger partial charge in [-0.05, 0) is 42.8 Å².